The maximum atomic E-state index is 12.8. The molecule has 0 radical (unpaired) electrons. The molecule has 0 saturated heterocycles. The van der Waals surface area contributed by atoms with Crippen LogP contribution >= 0.6 is 8.03 Å². The van der Waals surface area contributed by atoms with E-state index in [0.717, 1.165) is 22.3 Å². The molecule has 0 aliphatic carbocycles. The fraction of sp³-hybridized carbons (Fsp3) is 0.235. The van der Waals surface area contributed by atoms with Crippen LogP contribution in [0.15, 0.2) is 30.3 Å². The van der Waals surface area contributed by atoms with Crippen LogP contribution < -0.4 is 5.30 Å². The first-order chi connectivity index (χ1) is 9.82. The van der Waals surface area contributed by atoms with Gasteiger partial charge in [0, 0.05) is 5.56 Å². The number of ketones is 1. The van der Waals surface area contributed by atoms with E-state index in [4.69, 9.17) is 0 Å². The summed E-state index contributed by atoms with van der Waals surface area (Å²) >= 11 is 0. The van der Waals surface area contributed by atoms with Crippen molar-refractivity contribution in [3.05, 3.63) is 63.7 Å². The van der Waals surface area contributed by atoms with Crippen molar-refractivity contribution in [3.63, 3.8) is 0 Å². The second-order valence-electron chi connectivity index (χ2n) is 5.30. The highest BCUT2D eigenvalue weighted by Crippen LogP contribution is 2.23. The molecule has 0 fully saturated rings. The first kappa shape index (κ1) is 15.6. The van der Waals surface area contributed by atoms with Gasteiger partial charge >= 0.3 is 8.03 Å². The molecule has 0 aliphatic heterocycles. The van der Waals surface area contributed by atoms with E-state index in [-0.39, 0.29) is 11.1 Å². The number of aryl methyl sites for hydroxylation is 2. The van der Waals surface area contributed by atoms with E-state index in [1.807, 2.05) is 33.8 Å². The van der Waals surface area contributed by atoms with Crippen molar-refractivity contribution < 1.29 is 14.3 Å². The summed E-state index contributed by atoms with van der Waals surface area (Å²) in [5.74, 6) is -0.202. The van der Waals surface area contributed by atoms with Crippen molar-refractivity contribution in [1.29, 1.82) is 0 Å². The van der Waals surface area contributed by atoms with Gasteiger partial charge in [0.1, 0.15) is 0 Å². The van der Waals surface area contributed by atoms with Crippen LogP contribution in [0.1, 0.15) is 38.2 Å². The van der Waals surface area contributed by atoms with Crippen molar-refractivity contribution in [2.24, 2.45) is 0 Å². The van der Waals surface area contributed by atoms with Gasteiger partial charge in [-0.15, -0.1) is 0 Å². The van der Waals surface area contributed by atoms with Gasteiger partial charge in [-0.2, -0.15) is 4.89 Å². The number of carbonyl (C=O) groups is 1. The Morgan fingerprint density at radius 3 is 2.24 bits per heavy atom. The van der Waals surface area contributed by atoms with Crippen molar-refractivity contribution in [1.82, 2.24) is 0 Å². The third-order valence-corrected chi connectivity index (χ3v) is 4.71. The van der Waals surface area contributed by atoms with Crippen LogP contribution in [0.2, 0.25) is 0 Å². The third kappa shape index (κ3) is 2.94. The molecule has 0 aliphatic rings. The number of hydrogen-bond donors (Lipinski definition) is 1. The quantitative estimate of drug-likeness (QED) is 0.697. The molecule has 2 aromatic carbocycles. The molecule has 0 saturated carbocycles. The van der Waals surface area contributed by atoms with E-state index in [1.54, 1.807) is 24.3 Å². The lowest BCUT2D eigenvalue weighted by Crippen LogP contribution is -2.15. The van der Waals surface area contributed by atoms with Gasteiger partial charge in [0.05, 0.1) is 5.56 Å². The molecule has 1 N–H and O–H groups in total. The highest BCUT2D eigenvalue weighted by molar-refractivity contribution is 7.47. The van der Waals surface area contributed by atoms with E-state index in [9.17, 15) is 14.3 Å². The third-order valence-electron chi connectivity index (χ3n) is 3.91. The molecule has 3 nitrogen and oxygen atoms in total. The molecule has 0 bridgehead atoms. The fourth-order valence-corrected chi connectivity index (χ4v) is 2.92. The van der Waals surface area contributed by atoms with E-state index in [1.165, 1.54) is 0 Å². The zero-order valence-corrected chi connectivity index (χ0v) is 13.5. The largest absolute Gasteiger partial charge is 0.546 e. The Balaban J connectivity index is 2.63. The van der Waals surface area contributed by atoms with Crippen LogP contribution in [-0.4, -0.2) is 10.7 Å². The van der Waals surface area contributed by atoms with Gasteiger partial charge in [-0.3, -0.25) is 4.79 Å². The smallest absolute Gasteiger partial charge is 0.288 e. The maximum Gasteiger partial charge on any atom is 0.546 e. The lowest BCUT2D eigenvalue weighted by Gasteiger charge is -2.10. The average molecular weight is 301 g/mol. The Morgan fingerprint density at radius 2 is 1.62 bits per heavy atom. The second kappa shape index (κ2) is 5.88. The van der Waals surface area contributed by atoms with Gasteiger partial charge in [0.15, 0.2) is 5.78 Å². The summed E-state index contributed by atoms with van der Waals surface area (Å²) < 4.78 is 11.5. The van der Waals surface area contributed by atoms with Gasteiger partial charge in [0.25, 0.3) is 0 Å². The lowest BCUT2D eigenvalue weighted by atomic mass is 9.93. The van der Waals surface area contributed by atoms with Gasteiger partial charge < -0.3 is 0 Å². The van der Waals surface area contributed by atoms with E-state index < -0.39 is 8.03 Å². The molecule has 0 aromatic heterocycles. The van der Waals surface area contributed by atoms with Crippen molar-refractivity contribution in [3.8, 4) is 0 Å². The van der Waals surface area contributed by atoms with Crippen LogP contribution in [0, 0.1) is 27.7 Å². The molecule has 108 valence electrons. The minimum atomic E-state index is -2.55. The maximum absolute atomic E-state index is 12.8. The number of hydrogen-bond acceptors (Lipinski definition) is 2. The number of rotatable bonds is 3. The Kier molecular flexibility index (Phi) is 4.36. The zero-order chi connectivity index (χ0) is 15.7. The first-order valence-electron chi connectivity index (χ1n) is 6.71. The molecule has 1 atom stereocenters. The van der Waals surface area contributed by atoms with Crippen LogP contribution in [0.5, 0.6) is 0 Å². The Bertz CT molecular complexity index is 748. The number of carbonyl (C=O) groups excluding carboxylic acids is 1. The SMILES string of the molecule is Cc1ccc([P+](=O)O)c(C(=O)c2ccc(C)c(C)c2C)c1. The summed E-state index contributed by atoms with van der Waals surface area (Å²) in [4.78, 5) is 22.2. The van der Waals surface area contributed by atoms with Crippen LogP contribution in [0.4, 0.5) is 0 Å². The topological polar surface area (TPSA) is 54.4 Å². The van der Waals surface area contributed by atoms with Gasteiger partial charge in [0.2, 0.25) is 5.30 Å². The normalized spacial score (nSPS) is 11.4. The van der Waals surface area contributed by atoms with Crippen molar-refractivity contribution >= 4 is 19.1 Å². The van der Waals surface area contributed by atoms with Crippen LogP contribution in [-0.2, 0) is 4.57 Å². The summed E-state index contributed by atoms with van der Waals surface area (Å²) in [6.07, 6.45) is 0. The summed E-state index contributed by atoms with van der Waals surface area (Å²) in [6.45, 7) is 7.74. The Hall–Kier alpha value is -1.83. The van der Waals surface area contributed by atoms with Crippen LogP contribution in [0.3, 0.4) is 0 Å². The molecular weight excluding hydrogens is 283 g/mol. The molecule has 0 heterocycles. The van der Waals surface area contributed by atoms with E-state index in [2.05, 4.69) is 0 Å². The van der Waals surface area contributed by atoms with E-state index in [0.29, 0.717) is 11.1 Å². The van der Waals surface area contributed by atoms with Crippen molar-refractivity contribution in [2.75, 3.05) is 0 Å². The summed E-state index contributed by atoms with van der Waals surface area (Å²) in [5, 5.41) is 0.193. The van der Waals surface area contributed by atoms with Gasteiger partial charge in [-0.05, 0) is 61.1 Å². The average Bonchev–Trinajstić information content (AvgIpc) is 2.44. The monoisotopic (exact) mass is 301 g/mol. The highest BCUT2D eigenvalue weighted by atomic mass is 31.1. The van der Waals surface area contributed by atoms with Gasteiger partial charge in [-0.25, -0.2) is 0 Å². The second-order valence-corrected chi connectivity index (χ2v) is 6.33. The highest BCUT2D eigenvalue weighted by Gasteiger charge is 2.27. The predicted octanol–water partition coefficient (Wildman–Crippen LogP) is 3.51. The van der Waals surface area contributed by atoms with Crippen LogP contribution in [0.25, 0.3) is 0 Å². The molecule has 0 spiro atoms. The minimum Gasteiger partial charge on any atom is -0.288 e. The zero-order valence-electron chi connectivity index (χ0n) is 12.6. The Labute approximate surface area is 125 Å². The summed E-state index contributed by atoms with van der Waals surface area (Å²) in [5.41, 5.74) is 4.90. The number of benzene rings is 2. The lowest BCUT2D eigenvalue weighted by molar-refractivity contribution is 0.103. The first-order valence-corrected chi connectivity index (χ1v) is 7.92. The Morgan fingerprint density at radius 1 is 0.952 bits per heavy atom. The minimum absolute atomic E-state index is 0.193. The molecule has 2 rings (SSSR count). The summed E-state index contributed by atoms with van der Waals surface area (Å²) in [7, 11) is -2.55. The summed E-state index contributed by atoms with van der Waals surface area (Å²) in [6, 6.07) is 8.66. The van der Waals surface area contributed by atoms with Crippen molar-refractivity contribution in [2.45, 2.75) is 27.7 Å². The van der Waals surface area contributed by atoms with Gasteiger partial charge in [-0.1, -0.05) is 23.8 Å². The standard InChI is InChI=1S/C17H17O3P/c1-10-5-8-16(21(19)20)15(9-10)17(18)14-7-6-11(2)12(3)13(14)4/h5-9H,1-4H3/p+1. The molecule has 1 unspecified atom stereocenters. The molecule has 2 aromatic rings. The molecular formula is C17H18O3P+. The molecule has 21 heavy (non-hydrogen) atoms. The molecule has 0 amide bonds. The van der Waals surface area contributed by atoms with E-state index >= 15 is 0 Å². The fourth-order valence-electron chi connectivity index (χ4n) is 2.35. The predicted molar refractivity (Wildman–Crippen MR) is 84.7 cm³/mol. The molecule has 4 heteroatoms.